The van der Waals surface area contributed by atoms with Gasteiger partial charge in [0, 0.05) is 10.7 Å². The number of amides is 2. The Morgan fingerprint density at radius 2 is 1.45 bits per heavy atom. The molecule has 0 unspecified atom stereocenters. The van der Waals surface area contributed by atoms with Crippen molar-refractivity contribution in [3.63, 3.8) is 0 Å². The van der Waals surface area contributed by atoms with Gasteiger partial charge in [-0.25, -0.2) is 0 Å². The number of carbonyl (C=O) groups is 2. The summed E-state index contributed by atoms with van der Waals surface area (Å²) in [6, 6.07) is 13.9. The van der Waals surface area contributed by atoms with Gasteiger partial charge in [0.1, 0.15) is 0 Å². The highest BCUT2D eigenvalue weighted by Crippen LogP contribution is 2.22. The first-order chi connectivity index (χ1) is 9.66. The molecule has 2 amide bonds. The molecule has 2 aromatic carbocycles. The van der Waals surface area contributed by atoms with Crippen LogP contribution in [0.2, 0.25) is 5.02 Å². The molecule has 1 heterocycles. The minimum absolute atomic E-state index is 0.133. The van der Waals surface area contributed by atoms with Crippen LogP contribution in [0.3, 0.4) is 0 Å². The first-order valence-electron chi connectivity index (χ1n) is 6.11. The number of nitrogens with one attached hydrogen (secondary N) is 1. The van der Waals surface area contributed by atoms with Gasteiger partial charge in [-0.15, -0.1) is 0 Å². The summed E-state index contributed by atoms with van der Waals surface area (Å²) >= 11 is 5.80. The van der Waals surface area contributed by atoms with Gasteiger partial charge >= 0.3 is 0 Å². The lowest BCUT2D eigenvalue weighted by Gasteiger charge is -2.15. The van der Waals surface area contributed by atoms with Gasteiger partial charge in [-0.2, -0.15) is 0 Å². The molecule has 0 saturated heterocycles. The van der Waals surface area contributed by atoms with E-state index in [9.17, 15) is 9.59 Å². The van der Waals surface area contributed by atoms with Crippen LogP contribution < -0.4 is 5.32 Å². The van der Waals surface area contributed by atoms with Crippen molar-refractivity contribution in [2.45, 2.75) is 0 Å². The number of hydrogen-bond donors (Lipinski definition) is 1. The molecule has 20 heavy (non-hydrogen) atoms. The lowest BCUT2D eigenvalue weighted by atomic mass is 10.1. The van der Waals surface area contributed by atoms with Crippen molar-refractivity contribution in [1.82, 2.24) is 4.90 Å². The maximum Gasteiger partial charge on any atom is 0.263 e. The highest BCUT2D eigenvalue weighted by Gasteiger charge is 2.34. The average molecular weight is 287 g/mol. The van der Waals surface area contributed by atoms with Crippen molar-refractivity contribution in [1.29, 1.82) is 0 Å². The van der Waals surface area contributed by atoms with E-state index in [-0.39, 0.29) is 18.5 Å². The number of rotatable bonds is 3. The summed E-state index contributed by atoms with van der Waals surface area (Å²) in [7, 11) is 0. The van der Waals surface area contributed by atoms with Crippen LogP contribution in [0, 0.1) is 0 Å². The van der Waals surface area contributed by atoms with Crippen LogP contribution in [-0.4, -0.2) is 23.4 Å². The lowest BCUT2D eigenvalue weighted by Crippen LogP contribution is -2.34. The van der Waals surface area contributed by atoms with Crippen molar-refractivity contribution in [2.24, 2.45) is 0 Å². The Morgan fingerprint density at radius 3 is 2.00 bits per heavy atom. The van der Waals surface area contributed by atoms with Crippen LogP contribution in [0.4, 0.5) is 5.69 Å². The third-order valence-corrected chi connectivity index (χ3v) is 3.42. The first-order valence-corrected chi connectivity index (χ1v) is 6.49. The smallest absolute Gasteiger partial charge is 0.263 e. The van der Waals surface area contributed by atoms with E-state index in [1.807, 2.05) is 0 Å². The van der Waals surface area contributed by atoms with Crippen LogP contribution in [0.25, 0.3) is 0 Å². The monoisotopic (exact) mass is 286 g/mol. The fourth-order valence-corrected chi connectivity index (χ4v) is 2.25. The summed E-state index contributed by atoms with van der Waals surface area (Å²) in [5.74, 6) is -0.542. The van der Waals surface area contributed by atoms with Gasteiger partial charge in [0.15, 0.2) is 0 Å². The molecule has 1 aliphatic heterocycles. The van der Waals surface area contributed by atoms with E-state index >= 15 is 0 Å². The van der Waals surface area contributed by atoms with E-state index in [2.05, 4.69) is 5.32 Å². The number of anilines is 1. The quantitative estimate of drug-likeness (QED) is 0.883. The molecule has 0 atom stereocenters. The molecular weight excluding hydrogens is 276 g/mol. The van der Waals surface area contributed by atoms with Gasteiger partial charge in [0.25, 0.3) is 11.8 Å². The number of fused-ring (bicyclic) bond motifs is 1. The Bertz CT molecular complexity index is 648. The SMILES string of the molecule is O=C1c2ccccc2C(=O)N1CNc1ccc(Cl)cc1. The summed E-state index contributed by atoms with van der Waals surface area (Å²) in [6.07, 6.45) is 0. The van der Waals surface area contributed by atoms with Gasteiger partial charge in [-0.05, 0) is 36.4 Å². The summed E-state index contributed by atoms with van der Waals surface area (Å²) in [4.78, 5) is 25.4. The Morgan fingerprint density at radius 1 is 0.900 bits per heavy atom. The molecule has 2 aromatic rings. The molecule has 1 aliphatic rings. The normalized spacial score (nSPS) is 13.6. The Balaban J connectivity index is 1.75. The summed E-state index contributed by atoms with van der Waals surface area (Å²) < 4.78 is 0. The molecule has 0 saturated carbocycles. The van der Waals surface area contributed by atoms with Crippen LogP contribution in [0.5, 0.6) is 0 Å². The molecule has 5 heteroatoms. The van der Waals surface area contributed by atoms with Crippen molar-refractivity contribution < 1.29 is 9.59 Å². The summed E-state index contributed by atoms with van der Waals surface area (Å²) in [6.45, 7) is 0.133. The molecule has 0 fully saturated rings. The number of benzene rings is 2. The van der Waals surface area contributed by atoms with E-state index in [0.29, 0.717) is 16.1 Å². The standard InChI is InChI=1S/C15H11ClN2O2/c16-10-5-7-11(8-6-10)17-9-18-14(19)12-3-1-2-4-13(12)15(18)20/h1-8,17H,9H2. The highest BCUT2D eigenvalue weighted by atomic mass is 35.5. The van der Waals surface area contributed by atoms with Crippen LogP contribution in [0.15, 0.2) is 48.5 Å². The minimum atomic E-state index is -0.271. The number of imide groups is 1. The van der Waals surface area contributed by atoms with Crippen molar-refractivity contribution >= 4 is 29.1 Å². The predicted octanol–water partition coefficient (Wildman–Crippen LogP) is 3.01. The largest absolute Gasteiger partial charge is 0.367 e. The summed E-state index contributed by atoms with van der Waals surface area (Å²) in [5.41, 5.74) is 1.71. The van der Waals surface area contributed by atoms with Gasteiger partial charge in [0.05, 0.1) is 17.8 Å². The second-order valence-corrected chi connectivity index (χ2v) is 4.86. The highest BCUT2D eigenvalue weighted by molar-refractivity contribution is 6.30. The average Bonchev–Trinajstić information content (AvgIpc) is 2.71. The molecule has 3 rings (SSSR count). The molecule has 1 N–H and O–H groups in total. The molecule has 0 aliphatic carbocycles. The number of nitrogens with zero attached hydrogens (tertiary/aromatic N) is 1. The van der Waals surface area contributed by atoms with Crippen molar-refractivity contribution in [3.05, 3.63) is 64.7 Å². The van der Waals surface area contributed by atoms with Gasteiger partial charge in [-0.3, -0.25) is 14.5 Å². The third kappa shape index (κ3) is 2.14. The molecule has 0 bridgehead atoms. The van der Waals surface area contributed by atoms with E-state index in [0.717, 1.165) is 5.69 Å². The molecular formula is C15H11ClN2O2. The molecule has 0 aromatic heterocycles. The zero-order valence-corrected chi connectivity index (χ0v) is 11.2. The van der Waals surface area contributed by atoms with Crippen molar-refractivity contribution in [2.75, 3.05) is 12.0 Å². The second kappa shape index (κ2) is 4.98. The van der Waals surface area contributed by atoms with Gasteiger partial charge < -0.3 is 5.32 Å². The Kier molecular flexibility index (Phi) is 3.16. The second-order valence-electron chi connectivity index (χ2n) is 4.43. The fourth-order valence-electron chi connectivity index (χ4n) is 2.12. The maximum absolute atomic E-state index is 12.1. The molecule has 100 valence electrons. The topological polar surface area (TPSA) is 49.4 Å². The minimum Gasteiger partial charge on any atom is -0.367 e. The van der Waals surface area contributed by atoms with Gasteiger partial charge in [0.2, 0.25) is 0 Å². The predicted molar refractivity (Wildman–Crippen MR) is 76.9 cm³/mol. The number of halogens is 1. The molecule has 4 nitrogen and oxygen atoms in total. The Hall–Kier alpha value is -2.33. The van der Waals surface area contributed by atoms with Crippen LogP contribution >= 0.6 is 11.6 Å². The van der Waals surface area contributed by atoms with E-state index < -0.39 is 0 Å². The number of carbonyl (C=O) groups excluding carboxylic acids is 2. The summed E-state index contributed by atoms with van der Waals surface area (Å²) in [5, 5.41) is 3.67. The third-order valence-electron chi connectivity index (χ3n) is 3.16. The van der Waals surface area contributed by atoms with Gasteiger partial charge in [-0.1, -0.05) is 23.7 Å². The van der Waals surface area contributed by atoms with Crippen LogP contribution in [0.1, 0.15) is 20.7 Å². The van der Waals surface area contributed by atoms with E-state index in [1.54, 1.807) is 48.5 Å². The van der Waals surface area contributed by atoms with E-state index in [1.165, 1.54) is 4.90 Å². The molecule has 0 radical (unpaired) electrons. The lowest BCUT2D eigenvalue weighted by molar-refractivity contribution is 0.0666. The fraction of sp³-hybridized carbons (Fsp3) is 0.0667. The maximum atomic E-state index is 12.1. The Labute approximate surface area is 121 Å². The zero-order chi connectivity index (χ0) is 14.1. The number of hydrogen-bond acceptors (Lipinski definition) is 3. The van der Waals surface area contributed by atoms with E-state index in [4.69, 9.17) is 11.6 Å². The van der Waals surface area contributed by atoms with Crippen LogP contribution in [-0.2, 0) is 0 Å². The first kappa shape index (κ1) is 12.7. The molecule has 0 spiro atoms. The zero-order valence-electron chi connectivity index (χ0n) is 10.5. The van der Waals surface area contributed by atoms with Crippen molar-refractivity contribution in [3.8, 4) is 0 Å².